The molecule has 0 spiro atoms. The van der Waals surface area contributed by atoms with Gasteiger partial charge in [-0.3, -0.25) is 0 Å². The highest BCUT2D eigenvalue weighted by Gasteiger charge is 1.91. The molecule has 0 bridgehead atoms. The van der Waals surface area contributed by atoms with E-state index in [-0.39, 0.29) is 0 Å². The van der Waals surface area contributed by atoms with Gasteiger partial charge in [-0.25, -0.2) is 0 Å². The van der Waals surface area contributed by atoms with Gasteiger partial charge in [-0.2, -0.15) is 0 Å². The maximum absolute atomic E-state index is 5.38. The number of hydrogen-bond donors (Lipinski definition) is 2. The molecule has 0 aromatic heterocycles. The van der Waals surface area contributed by atoms with Gasteiger partial charge in [0.15, 0.2) is 0 Å². The normalized spacial score (nSPS) is 10.1. The average Bonchev–Trinajstić information content (AvgIpc) is 2.15. The molecule has 84 valence electrons. The molecule has 0 saturated carbocycles. The van der Waals surface area contributed by atoms with Crippen LogP contribution < -0.4 is 11.1 Å². The smallest absolute Gasteiger partial charge is 0.0885 e. The first kappa shape index (κ1) is 13.3. The van der Waals surface area contributed by atoms with E-state index in [4.69, 9.17) is 5.73 Å². The number of unbranched alkanes of at least 4 members (excludes halogenated alkanes) is 7. The Bertz CT molecular complexity index is 132. The molecular formula is C12H26N2. The Labute approximate surface area is 89.0 Å². The minimum absolute atomic E-state index is 0.591. The molecule has 0 aromatic rings. The lowest BCUT2D eigenvalue weighted by molar-refractivity contribution is 0.567. The molecule has 0 rings (SSSR count). The summed E-state index contributed by atoms with van der Waals surface area (Å²) >= 11 is 0. The number of nitrogens with two attached hydrogens (primary N) is 1. The van der Waals surface area contributed by atoms with Crippen LogP contribution in [0, 0.1) is 0 Å². The van der Waals surface area contributed by atoms with Crippen LogP contribution in [0.15, 0.2) is 12.4 Å². The van der Waals surface area contributed by atoms with Crippen molar-refractivity contribution in [1.29, 1.82) is 0 Å². The summed E-state index contributed by atoms with van der Waals surface area (Å²) in [4.78, 5) is 0. The average molecular weight is 198 g/mol. The van der Waals surface area contributed by atoms with Crippen LogP contribution in [-0.2, 0) is 0 Å². The second-order valence-corrected chi connectivity index (χ2v) is 3.93. The highest BCUT2D eigenvalue weighted by molar-refractivity contribution is 4.81. The molecule has 0 aromatic carbocycles. The zero-order valence-corrected chi connectivity index (χ0v) is 9.65. The van der Waals surface area contributed by atoms with Crippen molar-refractivity contribution in [2.75, 3.05) is 6.54 Å². The molecule has 0 radical (unpaired) electrons. The fourth-order valence-electron chi connectivity index (χ4n) is 1.51. The molecule has 14 heavy (non-hydrogen) atoms. The molecule has 0 saturated heterocycles. The van der Waals surface area contributed by atoms with Crippen LogP contribution in [0.5, 0.6) is 0 Å². The predicted octanol–water partition coefficient (Wildman–Crippen LogP) is 3.15. The second-order valence-electron chi connectivity index (χ2n) is 3.93. The first-order chi connectivity index (χ1) is 6.77. The first-order valence-corrected chi connectivity index (χ1v) is 5.95. The Morgan fingerprint density at radius 2 is 1.50 bits per heavy atom. The van der Waals surface area contributed by atoms with Gasteiger partial charge < -0.3 is 11.1 Å². The molecule has 0 aliphatic rings. The third kappa shape index (κ3) is 11.3. The van der Waals surface area contributed by atoms with Gasteiger partial charge in [0.05, 0.1) is 5.82 Å². The minimum atomic E-state index is 0.591. The molecule has 0 aliphatic carbocycles. The van der Waals surface area contributed by atoms with Gasteiger partial charge in [-0.15, -0.1) is 0 Å². The Morgan fingerprint density at radius 1 is 1.00 bits per heavy atom. The summed E-state index contributed by atoms with van der Waals surface area (Å²) in [5.41, 5.74) is 5.38. The summed E-state index contributed by atoms with van der Waals surface area (Å²) < 4.78 is 0. The van der Waals surface area contributed by atoms with Crippen molar-refractivity contribution >= 4 is 0 Å². The van der Waals surface area contributed by atoms with Crippen LogP contribution in [0.4, 0.5) is 0 Å². The SMILES string of the molecule is C=C(N)NCCCCCCCCCC. The Kier molecular flexibility index (Phi) is 9.93. The van der Waals surface area contributed by atoms with Gasteiger partial charge in [0.2, 0.25) is 0 Å². The summed E-state index contributed by atoms with van der Waals surface area (Å²) in [7, 11) is 0. The molecule has 2 heteroatoms. The summed E-state index contributed by atoms with van der Waals surface area (Å²) in [5.74, 6) is 0.591. The summed E-state index contributed by atoms with van der Waals surface area (Å²) in [5, 5.41) is 3.04. The van der Waals surface area contributed by atoms with Crippen molar-refractivity contribution in [1.82, 2.24) is 5.32 Å². The molecule has 0 atom stereocenters. The first-order valence-electron chi connectivity index (χ1n) is 5.95. The highest BCUT2D eigenvalue weighted by Crippen LogP contribution is 2.07. The maximum atomic E-state index is 5.38. The van der Waals surface area contributed by atoms with Gasteiger partial charge in [0, 0.05) is 6.54 Å². The Morgan fingerprint density at radius 3 is 2.00 bits per heavy atom. The maximum Gasteiger partial charge on any atom is 0.0885 e. The van der Waals surface area contributed by atoms with Crippen molar-refractivity contribution in [3.05, 3.63) is 12.4 Å². The predicted molar refractivity (Wildman–Crippen MR) is 63.9 cm³/mol. The van der Waals surface area contributed by atoms with Crippen molar-refractivity contribution < 1.29 is 0 Å². The van der Waals surface area contributed by atoms with Gasteiger partial charge >= 0.3 is 0 Å². The topological polar surface area (TPSA) is 38.0 Å². The second kappa shape index (κ2) is 10.4. The molecule has 0 fully saturated rings. The van der Waals surface area contributed by atoms with Crippen LogP contribution in [0.25, 0.3) is 0 Å². The summed E-state index contributed by atoms with van der Waals surface area (Å²) in [6, 6.07) is 0. The molecule has 0 aliphatic heterocycles. The Hall–Kier alpha value is -0.660. The molecule has 2 nitrogen and oxygen atoms in total. The Balaban J connectivity index is 2.88. The number of rotatable bonds is 10. The highest BCUT2D eigenvalue weighted by atomic mass is 15.0. The lowest BCUT2D eigenvalue weighted by Gasteiger charge is -2.04. The standard InChI is InChI=1S/C12H26N2/c1-3-4-5-6-7-8-9-10-11-14-12(2)13/h14H,2-11,13H2,1H3. The van der Waals surface area contributed by atoms with E-state index in [2.05, 4.69) is 18.8 Å². The lowest BCUT2D eigenvalue weighted by Crippen LogP contribution is -2.19. The summed E-state index contributed by atoms with van der Waals surface area (Å²) in [6.45, 7) is 6.82. The van der Waals surface area contributed by atoms with Crippen molar-refractivity contribution in [3.63, 3.8) is 0 Å². The van der Waals surface area contributed by atoms with Crippen LogP contribution in [0.2, 0.25) is 0 Å². The van der Waals surface area contributed by atoms with Crippen LogP contribution in [0.3, 0.4) is 0 Å². The van der Waals surface area contributed by atoms with E-state index in [1.807, 2.05) is 0 Å². The quantitative estimate of drug-likeness (QED) is 0.529. The van der Waals surface area contributed by atoms with Gasteiger partial charge in [0.1, 0.15) is 0 Å². The zero-order valence-electron chi connectivity index (χ0n) is 9.65. The minimum Gasteiger partial charge on any atom is -0.386 e. The fourth-order valence-corrected chi connectivity index (χ4v) is 1.51. The van der Waals surface area contributed by atoms with Crippen LogP contribution in [0.1, 0.15) is 58.3 Å². The van der Waals surface area contributed by atoms with E-state index in [9.17, 15) is 0 Å². The summed E-state index contributed by atoms with van der Waals surface area (Å²) in [6.07, 6.45) is 10.8. The number of nitrogens with one attached hydrogen (secondary N) is 1. The van der Waals surface area contributed by atoms with Crippen molar-refractivity contribution in [2.45, 2.75) is 58.3 Å². The number of hydrogen-bond acceptors (Lipinski definition) is 2. The van der Waals surface area contributed by atoms with Crippen molar-refractivity contribution in [3.8, 4) is 0 Å². The molecule has 3 N–H and O–H groups in total. The van der Waals surface area contributed by atoms with E-state index >= 15 is 0 Å². The third-order valence-electron chi connectivity index (χ3n) is 2.38. The van der Waals surface area contributed by atoms with Gasteiger partial charge in [-0.1, -0.05) is 58.4 Å². The third-order valence-corrected chi connectivity index (χ3v) is 2.38. The monoisotopic (exact) mass is 198 g/mol. The lowest BCUT2D eigenvalue weighted by atomic mass is 10.1. The molecule has 0 heterocycles. The van der Waals surface area contributed by atoms with Crippen LogP contribution >= 0.6 is 0 Å². The molecule has 0 unspecified atom stereocenters. The van der Waals surface area contributed by atoms with E-state index < -0.39 is 0 Å². The van der Waals surface area contributed by atoms with Crippen molar-refractivity contribution in [2.24, 2.45) is 5.73 Å². The van der Waals surface area contributed by atoms with Gasteiger partial charge in [0.25, 0.3) is 0 Å². The van der Waals surface area contributed by atoms with E-state index in [1.165, 1.54) is 51.4 Å². The largest absolute Gasteiger partial charge is 0.386 e. The zero-order chi connectivity index (χ0) is 10.6. The van der Waals surface area contributed by atoms with Crippen LogP contribution in [-0.4, -0.2) is 6.54 Å². The molecule has 0 amide bonds. The van der Waals surface area contributed by atoms with E-state index in [0.29, 0.717) is 5.82 Å². The fraction of sp³-hybridized carbons (Fsp3) is 0.833. The van der Waals surface area contributed by atoms with Gasteiger partial charge in [-0.05, 0) is 6.42 Å². The van der Waals surface area contributed by atoms with E-state index in [0.717, 1.165) is 6.54 Å². The molecular weight excluding hydrogens is 172 g/mol. The van der Waals surface area contributed by atoms with E-state index in [1.54, 1.807) is 0 Å².